The Hall–Kier alpha value is -0.520. The molecule has 0 rings (SSSR count). The van der Waals surface area contributed by atoms with E-state index in [9.17, 15) is 0 Å². The van der Waals surface area contributed by atoms with Crippen molar-refractivity contribution in [3.63, 3.8) is 0 Å². The summed E-state index contributed by atoms with van der Waals surface area (Å²) in [6.45, 7) is 16.3. The summed E-state index contributed by atoms with van der Waals surface area (Å²) >= 11 is 0. The molecule has 0 aromatic rings. The summed E-state index contributed by atoms with van der Waals surface area (Å²) in [5.41, 5.74) is 0. The first kappa shape index (κ1) is 40.5. The van der Waals surface area contributed by atoms with E-state index in [0.29, 0.717) is 152 Å². The lowest BCUT2D eigenvalue weighted by Crippen LogP contribution is -2.19. The molecule has 0 fully saturated rings. The molecule has 0 saturated heterocycles. The fraction of sp³-hybridized carbons (Fsp3) is 1.00. The van der Waals surface area contributed by atoms with E-state index in [1.54, 1.807) is 0 Å². The Labute approximate surface area is 248 Å². The maximum atomic E-state index is 5.47. The molecular formula is C28H59NO12. The van der Waals surface area contributed by atoms with Crippen LogP contribution in [0.3, 0.4) is 0 Å². The number of ether oxygens (including phenoxy) is 12. The Kier molecular flexibility index (Phi) is 37.0. The van der Waals surface area contributed by atoms with E-state index < -0.39 is 0 Å². The highest BCUT2D eigenvalue weighted by molar-refractivity contribution is 4.41. The monoisotopic (exact) mass is 601 g/mol. The van der Waals surface area contributed by atoms with E-state index in [2.05, 4.69) is 4.90 Å². The predicted octanol–water partition coefficient (Wildman–Crippen LogP) is 0.767. The van der Waals surface area contributed by atoms with Crippen molar-refractivity contribution in [2.24, 2.45) is 0 Å². The molecule has 0 bridgehead atoms. The van der Waals surface area contributed by atoms with Gasteiger partial charge >= 0.3 is 0 Å². The summed E-state index contributed by atoms with van der Waals surface area (Å²) in [6.07, 6.45) is 0. The summed E-state index contributed by atoms with van der Waals surface area (Å²) < 4.78 is 65.1. The second kappa shape index (κ2) is 37.5. The van der Waals surface area contributed by atoms with Crippen molar-refractivity contribution in [3.8, 4) is 0 Å². The van der Waals surface area contributed by atoms with Crippen LogP contribution in [0.25, 0.3) is 0 Å². The van der Waals surface area contributed by atoms with Gasteiger partial charge in [-0.3, -0.25) is 0 Å². The SMILES string of the molecule is CCOCCOCCOCCOCCOCCOCCOCCOCCOCCOCCOCCOCCN(C)C. The van der Waals surface area contributed by atoms with Gasteiger partial charge in [0.05, 0.1) is 152 Å². The maximum Gasteiger partial charge on any atom is 0.0701 e. The zero-order chi connectivity index (χ0) is 29.7. The van der Waals surface area contributed by atoms with Crippen LogP contribution in [-0.2, 0) is 56.8 Å². The number of likely N-dealkylation sites (N-methyl/N-ethyl adjacent to an activating group) is 1. The largest absolute Gasteiger partial charge is 0.379 e. The van der Waals surface area contributed by atoms with Crippen LogP contribution in [-0.4, -0.2) is 184 Å². The van der Waals surface area contributed by atoms with E-state index in [1.165, 1.54) is 0 Å². The molecule has 0 atom stereocenters. The lowest BCUT2D eigenvalue weighted by Gasteiger charge is -2.10. The van der Waals surface area contributed by atoms with Crippen molar-refractivity contribution >= 4 is 0 Å². The van der Waals surface area contributed by atoms with Crippen LogP contribution in [0, 0.1) is 0 Å². The molecule has 13 nitrogen and oxygen atoms in total. The van der Waals surface area contributed by atoms with Gasteiger partial charge in [0.1, 0.15) is 0 Å². The first-order valence-electron chi connectivity index (χ1n) is 14.8. The minimum Gasteiger partial charge on any atom is -0.379 e. The second-order valence-electron chi connectivity index (χ2n) is 8.74. The van der Waals surface area contributed by atoms with Gasteiger partial charge in [0.25, 0.3) is 0 Å². The molecule has 0 aromatic heterocycles. The minimum absolute atomic E-state index is 0.519. The van der Waals surface area contributed by atoms with Crippen LogP contribution in [0.2, 0.25) is 0 Å². The van der Waals surface area contributed by atoms with Crippen LogP contribution in [0.4, 0.5) is 0 Å². The fourth-order valence-electron chi connectivity index (χ4n) is 2.81. The van der Waals surface area contributed by atoms with Gasteiger partial charge in [-0.2, -0.15) is 0 Å². The van der Waals surface area contributed by atoms with Gasteiger partial charge < -0.3 is 61.7 Å². The normalized spacial score (nSPS) is 11.7. The van der Waals surface area contributed by atoms with E-state index in [0.717, 1.165) is 13.2 Å². The Morgan fingerprint density at radius 2 is 0.439 bits per heavy atom. The van der Waals surface area contributed by atoms with E-state index in [-0.39, 0.29) is 0 Å². The quantitative estimate of drug-likeness (QED) is 0.0935. The smallest absolute Gasteiger partial charge is 0.0701 e. The van der Waals surface area contributed by atoms with Gasteiger partial charge in [0, 0.05) is 13.2 Å². The molecule has 13 heteroatoms. The lowest BCUT2D eigenvalue weighted by molar-refractivity contribution is -0.0283. The molecule has 248 valence electrons. The molecule has 0 saturated carbocycles. The van der Waals surface area contributed by atoms with Gasteiger partial charge in [-0.15, -0.1) is 0 Å². The van der Waals surface area contributed by atoms with Gasteiger partial charge in [-0.1, -0.05) is 0 Å². The van der Waals surface area contributed by atoms with E-state index in [1.807, 2.05) is 21.0 Å². The van der Waals surface area contributed by atoms with Gasteiger partial charge in [0.2, 0.25) is 0 Å². The molecule has 0 radical (unpaired) electrons. The summed E-state index contributed by atoms with van der Waals surface area (Å²) in [5.74, 6) is 0. The highest BCUT2D eigenvalue weighted by Gasteiger charge is 1.96. The molecule has 41 heavy (non-hydrogen) atoms. The van der Waals surface area contributed by atoms with Crippen LogP contribution in [0.1, 0.15) is 6.92 Å². The van der Waals surface area contributed by atoms with Crippen molar-refractivity contribution in [3.05, 3.63) is 0 Å². The van der Waals surface area contributed by atoms with Crippen molar-refractivity contribution in [2.45, 2.75) is 6.92 Å². The van der Waals surface area contributed by atoms with Crippen molar-refractivity contribution in [1.82, 2.24) is 4.90 Å². The Balaban J connectivity index is 3.03. The standard InChI is InChI=1S/C28H59NO12/c1-4-30-7-8-32-11-12-34-15-16-36-19-20-38-23-24-40-27-28-41-26-25-39-22-21-37-18-17-35-14-13-33-10-9-31-6-5-29(2)3/h4-28H2,1-3H3. The first-order chi connectivity index (χ1) is 20.3. The molecule has 0 unspecified atom stereocenters. The predicted molar refractivity (Wildman–Crippen MR) is 154 cm³/mol. The third-order valence-corrected chi connectivity index (χ3v) is 4.98. The van der Waals surface area contributed by atoms with Crippen molar-refractivity contribution in [2.75, 3.05) is 179 Å². The highest BCUT2D eigenvalue weighted by atomic mass is 16.6. The molecule has 0 amide bonds. The Morgan fingerprint density at radius 3 is 0.610 bits per heavy atom. The van der Waals surface area contributed by atoms with Gasteiger partial charge in [-0.25, -0.2) is 0 Å². The number of hydrogen-bond donors (Lipinski definition) is 0. The molecule has 0 N–H and O–H groups in total. The zero-order valence-corrected chi connectivity index (χ0v) is 26.0. The number of nitrogens with zero attached hydrogens (tertiary/aromatic N) is 1. The summed E-state index contributed by atoms with van der Waals surface area (Å²) in [6, 6.07) is 0. The van der Waals surface area contributed by atoms with E-state index >= 15 is 0 Å². The molecule has 0 heterocycles. The zero-order valence-electron chi connectivity index (χ0n) is 26.0. The average Bonchev–Trinajstić information content (AvgIpc) is 2.97. The Bertz CT molecular complexity index is 466. The topological polar surface area (TPSA) is 114 Å². The third-order valence-electron chi connectivity index (χ3n) is 4.98. The number of hydrogen-bond acceptors (Lipinski definition) is 13. The van der Waals surface area contributed by atoms with Crippen molar-refractivity contribution < 1.29 is 56.8 Å². The second-order valence-corrected chi connectivity index (χ2v) is 8.74. The third kappa shape index (κ3) is 39.5. The first-order valence-corrected chi connectivity index (χ1v) is 14.8. The molecule has 0 aromatic carbocycles. The van der Waals surface area contributed by atoms with Crippen molar-refractivity contribution in [1.29, 1.82) is 0 Å². The summed E-state index contributed by atoms with van der Waals surface area (Å²) in [7, 11) is 4.04. The van der Waals surface area contributed by atoms with E-state index in [4.69, 9.17) is 56.8 Å². The highest BCUT2D eigenvalue weighted by Crippen LogP contribution is 1.87. The van der Waals surface area contributed by atoms with Crippen LogP contribution >= 0.6 is 0 Å². The summed E-state index contributed by atoms with van der Waals surface area (Å²) in [5, 5.41) is 0. The Morgan fingerprint density at radius 1 is 0.268 bits per heavy atom. The molecule has 0 aliphatic rings. The van der Waals surface area contributed by atoms with Gasteiger partial charge in [-0.05, 0) is 21.0 Å². The van der Waals surface area contributed by atoms with Gasteiger partial charge in [0.15, 0.2) is 0 Å². The fourth-order valence-corrected chi connectivity index (χ4v) is 2.81. The number of rotatable bonds is 37. The van der Waals surface area contributed by atoms with Crippen LogP contribution in [0.15, 0.2) is 0 Å². The molecule has 0 aliphatic carbocycles. The summed E-state index contributed by atoms with van der Waals surface area (Å²) in [4.78, 5) is 2.08. The molecule has 0 aliphatic heterocycles. The molecular weight excluding hydrogens is 542 g/mol. The minimum atomic E-state index is 0.519. The molecule has 0 spiro atoms. The van der Waals surface area contributed by atoms with Crippen LogP contribution in [0.5, 0.6) is 0 Å². The lowest BCUT2D eigenvalue weighted by atomic mass is 10.6. The maximum absolute atomic E-state index is 5.47. The van der Waals surface area contributed by atoms with Crippen LogP contribution < -0.4 is 0 Å². The average molecular weight is 602 g/mol.